The summed E-state index contributed by atoms with van der Waals surface area (Å²) in [6.45, 7) is 5.58. The van der Waals surface area contributed by atoms with Crippen LogP contribution in [-0.4, -0.2) is 23.1 Å². The van der Waals surface area contributed by atoms with Crippen LogP contribution in [0.2, 0.25) is 0 Å². The highest BCUT2D eigenvalue weighted by atomic mass is 16.5. The van der Waals surface area contributed by atoms with E-state index in [2.05, 4.69) is 35.9 Å². The molecule has 3 aromatic rings. The summed E-state index contributed by atoms with van der Waals surface area (Å²) in [7, 11) is 0. The van der Waals surface area contributed by atoms with Crippen molar-refractivity contribution >= 4 is 16.8 Å². The largest absolute Gasteiger partial charge is 0.486 e. The van der Waals surface area contributed by atoms with Crippen LogP contribution in [0.1, 0.15) is 42.2 Å². The van der Waals surface area contributed by atoms with Gasteiger partial charge in [-0.25, -0.2) is 0 Å². The van der Waals surface area contributed by atoms with E-state index >= 15 is 0 Å². The number of hydrogen-bond acceptors (Lipinski definition) is 2. The smallest absolute Gasteiger partial charge is 0.267 e. The molecule has 0 saturated heterocycles. The normalized spacial score (nSPS) is 16.9. The highest BCUT2D eigenvalue weighted by Gasteiger charge is 2.25. The lowest BCUT2D eigenvalue weighted by Crippen LogP contribution is -2.32. The lowest BCUT2D eigenvalue weighted by atomic mass is 10.0. The quantitative estimate of drug-likeness (QED) is 0.745. The van der Waals surface area contributed by atoms with Crippen LogP contribution in [0.25, 0.3) is 10.9 Å². The second-order valence-electron chi connectivity index (χ2n) is 7.00. The van der Waals surface area contributed by atoms with E-state index in [0.29, 0.717) is 13.1 Å². The Labute approximate surface area is 153 Å². The van der Waals surface area contributed by atoms with Crippen molar-refractivity contribution in [2.24, 2.45) is 0 Å². The van der Waals surface area contributed by atoms with Gasteiger partial charge in [0.2, 0.25) is 0 Å². The summed E-state index contributed by atoms with van der Waals surface area (Å²) in [6.07, 6.45) is 1.02. The Balaban J connectivity index is 1.57. The van der Waals surface area contributed by atoms with Gasteiger partial charge in [-0.1, -0.05) is 56.3 Å². The van der Waals surface area contributed by atoms with Crippen molar-refractivity contribution in [3.8, 4) is 5.75 Å². The van der Waals surface area contributed by atoms with Crippen LogP contribution >= 0.6 is 0 Å². The van der Waals surface area contributed by atoms with Crippen molar-refractivity contribution in [2.45, 2.75) is 38.8 Å². The van der Waals surface area contributed by atoms with Crippen LogP contribution in [0.15, 0.2) is 54.6 Å². The van der Waals surface area contributed by atoms with Crippen LogP contribution in [0.5, 0.6) is 5.75 Å². The molecule has 0 unspecified atom stereocenters. The molecule has 134 valence electrons. The molecular formula is C22H24N2O2. The summed E-state index contributed by atoms with van der Waals surface area (Å²) >= 11 is 0. The maximum atomic E-state index is 12.9. The molecule has 0 fully saturated rings. The number of hydrogen-bond donors (Lipinski definition) is 1. The molecule has 2 aromatic carbocycles. The van der Waals surface area contributed by atoms with Crippen molar-refractivity contribution < 1.29 is 9.53 Å². The molecule has 1 N–H and O–H groups in total. The number of carbonyl (C=O) groups excluding carboxylic acids is 1. The third-order valence-electron chi connectivity index (χ3n) is 5.19. The van der Waals surface area contributed by atoms with Gasteiger partial charge in [0.25, 0.3) is 5.91 Å². The average Bonchev–Trinajstić information content (AvgIpc) is 3.06. The van der Waals surface area contributed by atoms with Gasteiger partial charge >= 0.3 is 0 Å². The van der Waals surface area contributed by atoms with E-state index in [1.807, 2.05) is 42.5 Å². The first-order valence-corrected chi connectivity index (χ1v) is 9.29. The number of aromatic nitrogens is 1. The number of nitrogens with zero attached hydrogens (tertiary/aromatic N) is 1. The van der Waals surface area contributed by atoms with Crippen molar-refractivity contribution in [3.63, 3.8) is 0 Å². The molecule has 2 atom stereocenters. The monoisotopic (exact) mass is 348 g/mol. The number of amides is 1. The fourth-order valence-electron chi connectivity index (χ4n) is 3.63. The Hall–Kier alpha value is -2.75. The van der Waals surface area contributed by atoms with Crippen molar-refractivity contribution in [2.75, 3.05) is 6.54 Å². The fraction of sp³-hybridized carbons (Fsp3) is 0.318. The van der Waals surface area contributed by atoms with Crippen LogP contribution < -0.4 is 10.1 Å². The molecule has 4 nitrogen and oxygen atoms in total. The molecule has 1 aliphatic rings. The van der Waals surface area contributed by atoms with E-state index in [-0.39, 0.29) is 17.9 Å². The number of ether oxygens (including phenoxy) is 1. The minimum Gasteiger partial charge on any atom is -0.486 e. The second-order valence-corrected chi connectivity index (χ2v) is 7.00. The molecule has 0 bridgehead atoms. The summed E-state index contributed by atoms with van der Waals surface area (Å²) in [5, 5.41) is 4.16. The zero-order valence-electron chi connectivity index (χ0n) is 15.2. The van der Waals surface area contributed by atoms with Crippen LogP contribution in [-0.2, 0) is 6.54 Å². The van der Waals surface area contributed by atoms with Gasteiger partial charge in [0.15, 0.2) is 0 Å². The SMILES string of the molecule is CC[C@@H]1Cn2c(C(=O)NC[C@@H](C)c3ccccc3)cc3cccc(c32)O1. The van der Waals surface area contributed by atoms with Crippen molar-refractivity contribution in [1.82, 2.24) is 9.88 Å². The molecule has 0 spiro atoms. The third kappa shape index (κ3) is 2.96. The van der Waals surface area contributed by atoms with E-state index in [1.165, 1.54) is 5.56 Å². The first-order valence-electron chi connectivity index (χ1n) is 9.29. The molecule has 26 heavy (non-hydrogen) atoms. The van der Waals surface area contributed by atoms with Gasteiger partial charge in [0.05, 0.1) is 12.1 Å². The predicted molar refractivity (Wildman–Crippen MR) is 104 cm³/mol. The Kier molecular flexibility index (Phi) is 4.41. The third-order valence-corrected chi connectivity index (χ3v) is 5.19. The number of carbonyl (C=O) groups is 1. The fourth-order valence-corrected chi connectivity index (χ4v) is 3.63. The van der Waals surface area contributed by atoms with Gasteiger partial charge < -0.3 is 14.6 Å². The zero-order chi connectivity index (χ0) is 18.1. The van der Waals surface area contributed by atoms with Gasteiger partial charge in [0.1, 0.15) is 17.5 Å². The van der Waals surface area contributed by atoms with Gasteiger partial charge in [-0.15, -0.1) is 0 Å². The lowest BCUT2D eigenvalue weighted by molar-refractivity contribution is 0.0936. The first-order chi connectivity index (χ1) is 12.7. The molecule has 0 radical (unpaired) electrons. The second kappa shape index (κ2) is 6.87. The minimum absolute atomic E-state index is 0.0216. The molecule has 1 aliphatic heterocycles. The Morgan fingerprint density at radius 1 is 1.23 bits per heavy atom. The highest BCUT2D eigenvalue weighted by Crippen LogP contribution is 2.34. The van der Waals surface area contributed by atoms with Crippen LogP contribution in [0.3, 0.4) is 0 Å². The summed E-state index contributed by atoms with van der Waals surface area (Å²) < 4.78 is 8.17. The molecule has 0 aliphatic carbocycles. The first kappa shape index (κ1) is 16.7. The number of benzene rings is 2. The van der Waals surface area contributed by atoms with E-state index < -0.39 is 0 Å². The molecule has 4 heteroatoms. The maximum Gasteiger partial charge on any atom is 0.267 e. The van der Waals surface area contributed by atoms with Crippen LogP contribution in [0, 0.1) is 0 Å². The van der Waals surface area contributed by atoms with Gasteiger partial charge in [-0.3, -0.25) is 4.79 Å². The lowest BCUT2D eigenvalue weighted by Gasteiger charge is -2.26. The molecule has 0 saturated carbocycles. The molecule has 1 aromatic heterocycles. The van der Waals surface area contributed by atoms with E-state index in [9.17, 15) is 4.79 Å². The Morgan fingerprint density at radius 3 is 2.81 bits per heavy atom. The number of rotatable bonds is 5. The highest BCUT2D eigenvalue weighted by molar-refractivity contribution is 6.00. The van der Waals surface area contributed by atoms with Gasteiger partial charge in [0, 0.05) is 11.9 Å². The molecular weight excluding hydrogens is 324 g/mol. The molecule has 4 rings (SSSR count). The summed E-state index contributed by atoms with van der Waals surface area (Å²) in [6, 6.07) is 18.3. The predicted octanol–water partition coefficient (Wildman–Crippen LogP) is 4.35. The Bertz CT molecular complexity index is 930. The summed E-state index contributed by atoms with van der Waals surface area (Å²) in [5.41, 5.74) is 2.98. The summed E-state index contributed by atoms with van der Waals surface area (Å²) in [5.74, 6) is 1.12. The van der Waals surface area contributed by atoms with E-state index in [1.54, 1.807) is 0 Å². The van der Waals surface area contributed by atoms with Gasteiger partial charge in [-0.2, -0.15) is 0 Å². The van der Waals surface area contributed by atoms with Gasteiger partial charge in [-0.05, 0) is 30.0 Å². The Morgan fingerprint density at radius 2 is 2.04 bits per heavy atom. The molecule has 2 heterocycles. The van der Waals surface area contributed by atoms with E-state index in [0.717, 1.165) is 28.8 Å². The zero-order valence-corrected chi connectivity index (χ0v) is 15.2. The molecule has 1 amide bonds. The van der Waals surface area contributed by atoms with E-state index in [4.69, 9.17) is 4.74 Å². The van der Waals surface area contributed by atoms with Crippen LogP contribution in [0.4, 0.5) is 0 Å². The number of para-hydroxylation sites is 1. The topological polar surface area (TPSA) is 43.3 Å². The average molecular weight is 348 g/mol. The minimum atomic E-state index is -0.0216. The standard InChI is InChI=1S/C22H24N2O2/c1-3-18-14-24-19(12-17-10-7-11-20(26-18)21(17)24)22(25)23-13-15(2)16-8-5-4-6-9-16/h4-12,15,18H,3,13-14H2,1-2H3,(H,23,25)/t15-,18-/m1/s1. The summed E-state index contributed by atoms with van der Waals surface area (Å²) in [4.78, 5) is 12.9. The van der Waals surface area contributed by atoms with Crippen molar-refractivity contribution in [3.05, 3.63) is 65.9 Å². The van der Waals surface area contributed by atoms with Crippen molar-refractivity contribution in [1.29, 1.82) is 0 Å². The maximum absolute atomic E-state index is 12.9. The number of nitrogens with one attached hydrogen (secondary N) is 1.